The van der Waals surface area contributed by atoms with E-state index in [4.69, 9.17) is 4.79 Å². The Hall–Kier alpha value is 2.11. The summed E-state index contributed by atoms with van der Waals surface area (Å²) in [5.74, 6) is 0. The van der Waals surface area contributed by atoms with Crippen LogP contribution in [0.3, 0.4) is 0 Å². The van der Waals surface area contributed by atoms with Crippen LogP contribution in [0, 0.1) is 44.1 Å². The molecule has 0 aliphatic heterocycles. The second kappa shape index (κ2) is 16.5. The summed E-state index contributed by atoms with van der Waals surface area (Å²) in [6, 6.07) is 0. The fourth-order valence-electron chi connectivity index (χ4n) is 0. The van der Waals surface area contributed by atoms with Crippen molar-refractivity contribution in [1.82, 2.24) is 0 Å². The first-order valence-corrected chi connectivity index (χ1v) is 0.704. The molecule has 0 aliphatic carbocycles. The molecule has 0 saturated heterocycles. The number of carbonyl (C=O) groups excluding carboxylic acids is 1. The summed E-state index contributed by atoms with van der Waals surface area (Å²) in [5, 5.41) is 0. The van der Waals surface area contributed by atoms with Gasteiger partial charge in [0, 0.05) is 44.1 Å². The van der Waals surface area contributed by atoms with Crippen molar-refractivity contribution in [3.63, 3.8) is 0 Å². The van der Waals surface area contributed by atoms with Gasteiger partial charge in [0.2, 0.25) is 0 Å². The van der Waals surface area contributed by atoms with Crippen LogP contribution in [0.25, 0.3) is 0 Å². The molecule has 5 heavy (non-hydrogen) atoms. The summed E-state index contributed by atoms with van der Waals surface area (Å²) in [6.07, 6.45) is 1.50. The third-order valence-corrected chi connectivity index (χ3v) is 0. The standard InChI is InChI=1S/C2H3O.Ac.Na/c1-2-3;;/h1H3;;/q-1;;+1. The van der Waals surface area contributed by atoms with Gasteiger partial charge in [-0.2, -0.15) is 6.92 Å². The molecule has 0 aliphatic rings. The van der Waals surface area contributed by atoms with Gasteiger partial charge in [0.25, 0.3) is 0 Å². The molecule has 3 heteroatoms. The topological polar surface area (TPSA) is 17.1 Å². The van der Waals surface area contributed by atoms with Crippen LogP contribution in [0.15, 0.2) is 0 Å². The van der Waals surface area contributed by atoms with Gasteiger partial charge in [0.1, 0.15) is 0 Å². The maximum Gasteiger partial charge on any atom is 1.00 e. The van der Waals surface area contributed by atoms with E-state index < -0.39 is 0 Å². The van der Waals surface area contributed by atoms with Gasteiger partial charge in [-0.05, 0) is 0 Å². The van der Waals surface area contributed by atoms with Crippen molar-refractivity contribution in [2.24, 2.45) is 0 Å². The van der Waals surface area contributed by atoms with Gasteiger partial charge in [-0.1, -0.05) is 0 Å². The Labute approximate surface area is 89.7 Å². The quantitative estimate of drug-likeness (QED) is 0.346. The summed E-state index contributed by atoms with van der Waals surface area (Å²) in [5.41, 5.74) is 0. The molecule has 0 rings (SSSR count). The number of rotatable bonds is 0. The molecule has 0 spiro atoms. The molecule has 0 unspecified atom stereocenters. The minimum atomic E-state index is 0. The zero-order chi connectivity index (χ0) is 2.71. The minimum absolute atomic E-state index is 0. The van der Waals surface area contributed by atoms with Gasteiger partial charge in [-0.15, -0.1) is 0 Å². The van der Waals surface area contributed by atoms with E-state index in [0.29, 0.717) is 0 Å². The van der Waals surface area contributed by atoms with E-state index in [9.17, 15) is 0 Å². The summed E-state index contributed by atoms with van der Waals surface area (Å²) in [6.45, 7) is 1.32. The molecular weight excluding hydrogens is 290 g/mol. The maximum atomic E-state index is 8.68. The summed E-state index contributed by atoms with van der Waals surface area (Å²) < 4.78 is 0. The molecule has 1 nitrogen and oxygen atoms in total. The Balaban J connectivity index is -0.0000000200. The van der Waals surface area contributed by atoms with Crippen molar-refractivity contribution < 1.29 is 78.4 Å². The fourth-order valence-corrected chi connectivity index (χ4v) is 0. The van der Waals surface area contributed by atoms with Crippen LogP contribution in [0.5, 0.6) is 0 Å². The SMILES string of the molecule is C[C-]=O.[Ac].[Na+]. The van der Waals surface area contributed by atoms with E-state index in [1.807, 2.05) is 0 Å². The van der Waals surface area contributed by atoms with E-state index in [1.165, 1.54) is 13.2 Å². The molecule has 0 aromatic rings. The molecule has 0 atom stereocenters. The molecule has 0 aromatic carbocycles. The van der Waals surface area contributed by atoms with E-state index >= 15 is 0 Å². The third-order valence-electron chi connectivity index (χ3n) is 0. The smallest absolute Gasteiger partial charge is 0.542 e. The van der Waals surface area contributed by atoms with Crippen LogP contribution in [0.2, 0.25) is 0 Å². The van der Waals surface area contributed by atoms with Crippen LogP contribution in [-0.4, -0.2) is 6.29 Å². The first kappa shape index (κ1) is 15.7. The average Bonchev–Trinajstić information content (AvgIpc) is 0.918. The normalized spacial score (nSPS) is 2.60. The number of hydrogen-bond acceptors (Lipinski definition) is 1. The Kier molecular flexibility index (Phi) is 51.8. The molecular formula is C2H3AcNaO. The zero-order valence-electron chi connectivity index (χ0n) is 3.49. The van der Waals surface area contributed by atoms with Crippen LogP contribution >= 0.6 is 0 Å². The van der Waals surface area contributed by atoms with Crippen LogP contribution in [0.1, 0.15) is 6.92 Å². The molecule has 0 amide bonds. The second-order valence-electron chi connectivity index (χ2n) is 0.204. The third kappa shape index (κ3) is 23.2. The minimum Gasteiger partial charge on any atom is -0.542 e. The van der Waals surface area contributed by atoms with Gasteiger partial charge in [-0.3, -0.25) is 6.29 Å². The van der Waals surface area contributed by atoms with Gasteiger partial charge in [0.05, 0.1) is 0 Å². The Bertz CT molecular complexity index is 17.1. The Morgan fingerprint density at radius 3 is 1.60 bits per heavy atom. The van der Waals surface area contributed by atoms with E-state index in [2.05, 4.69) is 0 Å². The Morgan fingerprint density at radius 1 is 1.60 bits per heavy atom. The van der Waals surface area contributed by atoms with Crippen molar-refractivity contribution in [2.45, 2.75) is 6.92 Å². The predicted molar refractivity (Wildman–Crippen MR) is 11.4 cm³/mol. The zero-order valence-corrected chi connectivity index (χ0v) is 10.2. The first-order valence-electron chi connectivity index (χ1n) is 0.704. The van der Waals surface area contributed by atoms with Crippen LogP contribution in [-0.2, 0) is 4.79 Å². The first-order chi connectivity index (χ1) is 1.41. The maximum absolute atomic E-state index is 8.68. The van der Waals surface area contributed by atoms with Gasteiger partial charge >= 0.3 is 29.6 Å². The summed E-state index contributed by atoms with van der Waals surface area (Å²) in [7, 11) is 0. The number of hydrogen-bond donors (Lipinski definition) is 0. The van der Waals surface area contributed by atoms with Crippen molar-refractivity contribution in [3.05, 3.63) is 0 Å². The van der Waals surface area contributed by atoms with Crippen LogP contribution in [0.4, 0.5) is 0 Å². The second-order valence-corrected chi connectivity index (χ2v) is 0.204. The van der Waals surface area contributed by atoms with Crippen molar-refractivity contribution in [2.75, 3.05) is 0 Å². The molecule has 0 saturated carbocycles. The molecule has 0 aromatic heterocycles. The molecule has 1 radical (unpaired) electrons. The van der Waals surface area contributed by atoms with Gasteiger partial charge in [-0.25, -0.2) is 0 Å². The largest absolute Gasteiger partial charge is 1.00 e. The average molecular weight is 293 g/mol. The van der Waals surface area contributed by atoms with E-state index in [1.54, 1.807) is 0 Å². The van der Waals surface area contributed by atoms with Gasteiger partial charge in [0.15, 0.2) is 0 Å². The van der Waals surface area contributed by atoms with Gasteiger partial charge < -0.3 is 4.79 Å². The summed E-state index contributed by atoms with van der Waals surface area (Å²) in [4.78, 5) is 8.68. The summed E-state index contributed by atoms with van der Waals surface area (Å²) >= 11 is 0. The van der Waals surface area contributed by atoms with E-state index in [0.717, 1.165) is 0 Å². The van der Waals surface area contributed by atoms with Crippen molar-refractivity contribution in [1.29, 1.82) is 0 Å². The molecule has 0 bridgehead atoms. The molecule has 0 heterocycles. The monoisotopic (exact) mass is 293 g/mol. The van der Waals surface area contributed by atoms with E-state index in [-0.39, 0.29) is 73.6 Å². The Morgan fingerprint density at radius 2 is 1.60 bits per heavy atom. The molecule has 0 N–H and O–H groups in total. The molecule has 0 fully saturated rings. The van der Waals surface area contributed by atoms with Crippen molar-refractivity contribution >= 4 is 6.29 Å². The fraction of sp³-hybridized carbons (Fsp3) is 0.500. The predicted octanol–water partition coefficient (Wildman–Crippen LogP) is -2.88. The van der Waals surface area contributed by atoms with Crippen LogP contribution < -0.4 is 29.6 Å². The molecule has 21 valence electrons. The van der Waals surface area contributed by atoms with Crippen molar-refractivity contribution in [3.8, 4) is 0 Å².